The van der Waals surface area contributed by atoms with Gasteiger partial charge in [0.2, 0.25) is 11.8 Å². The predicted molar refractivity (Wildman–Crippen MR) is 132 cm³/mol. The van der Waals surface area contributed by atoms with Crippen LogP contribution in [0, 0.1) is 11.8 Å². The number of likely N-dealkylation sites (tertiary alicyclic amines) is 1. The van der Waals surface area contributed by atoms with Gasteiger partial charge in [-0.25, -0.2) is 0 Å². The molecule has 3 heterocycles. The molecule has 8 heteroatoms. The number of unbranched alkanes of at least 4 members (excludes halogenated alkanes) is 1. The van der Waals surface area contributed by atoms with Crippen LogP contribution in [0.15, 0.2) is 25.3 Å². The second-order valence-electron chi connectivity index (χ2n) is 10.3. The Hall–Kier alpha value is -2.19. The van der Waals surface area contributed by atoms with Gasteiger partial charge in [0.1, 0.15) is 17.6 Å². The second kappa shape index (κ2) is 10.8. The van der Waals surface area contributed by atoms with E-state index in [4.69, 9.17) is 9.47 Å². The van der Waals surface area contributed by atoms with E-state index >= 15 is 0 Å². The molecule has 0 saturated carbocycles. The van der Waals surface area contributed by atoms with Crippen LogP contribution in [-0.4, -0.2) is 81.8 Å². The normalized spacial score (nSPS) is 32.0. The molecule has 0 aromatic heterocycles. The summed E-state index contributed by atoms with van der Waals surface area (Å²) < 4.78 is 12.4. The molecule has 3 saturated heterocycles. The molecule has 196 valence electrons. The zero-order valence-corrected chi connectivity index (χ0v) is 21.7. The summed E-state index contributed by atoms with van der Waals surface area (Å²) in [6, 6.07) is -1.57. The lowest BCUT2D eigenvalue weighted by atomic mass is 9.65. The molecule has 1 N–H and O–H groups in total. The molecule has 3 aliphatic rings. The molecular formula is C27H42N2O6. The van der Waals surface area contributed by atoms with Gasteiger partial charge in [0.15, 0.2) is 0 Å². The molecule has 2 bridgehead atoms. The summed E-state index contributed by atoms with van der Waals surface area (Å²) in [5, 5.41) is 10.1. The van der Waals surface area contributed by atoms with Crippen molar-refractivity contribution < 1.29 is 29.0 Å². The van der Waals surface area contributed by atoms with E-state index < -0.39 is 41.1 Å². The highest BCUT2D eigenvalue weighted by Crippen LogP contribution is 2.65. The number of carbonyl (C=O) groups excluding carboxylic acids is 3. The van der Waals surface area contributed by atoms with E-state index in [1.165, 1.54) is 4.90 Å². The number of esters is 1. The number of nitrogens with zero attached hydrogens (tertiary/aromatic N) is 2. The van der Waals surface area contributed by atoms with E-state index in [1.807, 2.05) is 27.7 Å². The van der Waals surface area contributed by atoms with Gasteiger partial charge >= 0.3 is 5.97 Å². The number of carbonyl (C=O) groups is 3. The van der Waals surface area contributed by atoms with Crippen LogP contribution in [0.2, 0.25) is 0 Å². The zero-order valence-electron chi connectivity index (χ0n) is 21.7. The van der Waals surface area contributed by atoms with Crippen molar-refractivity contribution in [3.63, 3.8) is 0 Å². The maximum absolute atomic E-state index is 14.1. The molecule has 2 amide bonds. The number of aliphatic hydroxyl groups is 1. The third-order valence-corrected chi connectivity index (χ3v) is 8.21. The van der Waals surface area contributed by atoms with Gasteiger partial charge in [-0.05, 0) is 52.4 Å². The van der Waals surface area contributed by atoms with Crippen molar-refractivity contribution in [1.29, 1.82) is 0 Å². The SMILES string of the molecule is C=CCCCOC(=O)[C@H]1[C@H]2C(=O)N([C@@H](CC)CO)C(C(=O)N(CC=C)C(C)C)C23CC[C@]1(CC)O3. The van der Waals surface area contributed by atoms with E-state index in [9.17, 15) is 19.5 Å². The summed E-state index contributed by atoms with van der Waals surface area (Å²) >= 11 is 0. The van der Waals surface area contributed by atoms with E-state index in [2.05, 4.69) is 13.2 Å². The molecule has 3 rings (SSSR count). The van der Waals surface area contributed by atoms with Gasteiger partial charge in [-0.2, -0.15) is 0 Å². The van der Waals surface area contributed by atoms with Crippen LogP contribution >= 0.6 is 0 Å². The summed E-state index contributed by atoms with van der Waals surface area (Å²) in [4.78, 5) is 44.8. The van der Waals surface area contributed by atoms with Crippen molar-refractivity contribution in [1.82, 2.24) is 9.80 Å². The highest BCUT2D eigenvalue weighted by atomic mass is 16.6. The lowest BCUT2D eigenvalue weighted by molar-refractivity contribution is -0.164. The van der Waals surface area contributed by atoms with Gasteiger partial charge in [-0.3, -0.25) is 14.4 Å². The van der Waals surface area contributed by atoms with Gasteiger partial charge < -0.3 is 24.4 Å². The van der Waals surface area contributed by atoms with Crippen LogP contribution in [0.25, 0.3) is 0 Å². The van der Waals surface area contributed by atoms with Gasteiger partial charge in [-0.1, -0.05) is 26.0 Å². The number of aliphatic hydroxyl groups excluding tert-OH is 1. The molecule has 6 atom stereocenters. The van der Waals surface area contributed by atoms with E-state index in [1.54, 1.807) is 17.1 Å². The van der Waals surface area contributed by atoms with Crippen LogP contribution in [0.1, 0.15) is 66.2 Å². The summed E-state index contributed by atoms with van der Waals surface area (Å²) in [5.41, 5.74) is -1.95. The lowest BCUT2D eigenvalue weighted by Crippen LogP contribution is -2.59. The first-order chi connectivity index (χ1) is 16.7. The fraction of sp³-hybridized carbons (Fsp3) is 0.741. The molecule has 3 fully saturated rings. The lowest BCUT2D eigenvalue weighted by Gasteiger charge is -2.40. The molecule has 3 aliphatic heterocycles. The van der Waals surface area contributed by atoms with Crippen LogP contribution in [0.5, 0.6) is 0 Å². The van der Waals surface area contributed by atoms with E-state index in [-0.39, 0.29) is 31.1 Å². The summed E-state index contributed by atoms with van der Waals surface area (Å²) in [5.74, 6) is -2.55. The highest BCUT2D eigenvalue weighted by molar-refractivity contribution is 5.98. The Morgan fingerprint density at radius 3 is 2.54 bits per heavy atom. The highest BCUT2D eigenvalue weighted by Gasteiger charge is 2.79. The first-order valence-corrected chi connectivity index (χ1v) is 13.0. The molecule has 35 heavy (non-hydrogen) atoms. The number of fused-ring (bicyclic) bond motifs is 1. The van der Waals surface area contributed by atoms with Crippen molar-refractivity contribution in [3.8, 4) is 0 Å². The van der Waals surface area contributed by atoms with Crippen LogP contribution < -0.4 is 0 Å². The first kappa shape index (κ1) is 27.4. The minimum absolute atomic E-state index is 0.119. The maximum atomic E-state index is 14.1. The van der Waals surface area contributed by atoms with E-state index in [0.717, 1.165) is 6.42 Å². The topological polar surface area (TPSA) is 96.4 Å². The molecule has 1 spiro atoms. The standard InChI is InChI=1S/C27H42N2O6/c1-7-11-12-16-34-25(33)21-20-23(31)29(19(9-3)17-30)22(24(32)28(15-8-2)18(5)6)27(20)14-13-26(21,10-4)35-27/h7-8,18-22,30H,1-2,9-17H2,3-6H3/t19-,20-,21+,22?,26-,27?/m0/s1. The van der Waals surface area contributed by atoms with Gasteiger partial charge in [0.05, 0.1) is 30.8 Å². The van der Waals surface area contributed by atoms with Crippen molar-refractivity contribution in [3.05, 3.63) is 25.3 Å². The Kier molecular flexibility index (Phi) is 8.48. The average molecular weight is 491 g/mol. The number of rotatable bonds is 13. The summed E-state index contributed by atoms with van der Waals surface area (Å²) in [7, 11) is 0. The Morgan fingerprint density at radius 2 is 2.00 bits per heavy atom. The average Bonchev–Trinajstić information content (AvgIpc) is 3.44. The van der Waals surface area contributed by atoms with Crippen molar-refractivity contribution in [2.75, 3.05) is 19.8 Å². The first-order valence-electron chi connectivity index (χ1n) is 13.0. The Bertz CT molecular complexity index is 840. The van der Waals surface area contributed by atoms with Crippen LogP contribution in [0.4, 0.5) is 0 Å². The predicted octanol–water partition coefficient (Wildman–Crippen LogP) is 2.84. The molecule has 8 nitrogen and oxygen atoms in total. The minimum atomic E-state index is -1.12. The van der Waals surface area contributed by atoms with Gasteiger partial charge in [0, 0.05) is 12.6 Å². The Balaban J connectivity index is 2.07. The molecule has 0 radical (unpaired) electrons. The number of amides is 2. The quantitative estimate of drug-likeness (QED) is 0.242. The fourth-order valence-corrected chi connectivity index (χ4v) is 6.44. The third-order valence-electron chi connectivity index (χ3n) is 8.21. The second-order valence-corrected chi connectivity index (χ2v) is 10.3. The Labute approximate surface area is 209 Å². The summed E-state index contributed by atoms with van der Waals surface area (Å²) in [6.45, 7) is 15.5. The molecule has 2 unspecified atom stereocenters. The van der Waals surface area contributed by atoms with Crippen molar-refractivity contribution >= 4 is 17.8 Å². The molecule has 0 aromatic carbocycles. The monoisotopic (exact) mass is 490 g/mol. The fourth-order valence-electron chi connectivity index (χ4n) is 6.44. The smallest absolute Gasteiger partial charge is 0.312 e. The largest absolute Gasteiger partial charge is 0.465 e. The molecule has 0 aromatic rings. The van der Waals surface area contributed by atoms with E-state index in [0.29, 0.717) is 38.6 Å². The number of hydrogen-bond acceptors (Lipinski definition) is 6. The maximum Gasteiger partial charge on any atom is 0.312 e. The number of hydrogen-bond donors (Lipinski definition) is 1. The molecular weight excluding hydrogens is 448 g/mol. The van der Waals surface area contributed by atoms with Crippen molar-refractivity contribution in [2.45, 2.75) is 95.5 Å². The van der Waals surface area contributed by atoms with Crippen LogP contribution in [0.3, 0.4) is 0 Å². The van der Waals surface area contributed by atoms with Crippen LogP contribution in [-0.2, 0) is 23.9 Å². The molecule has 0 aliphatic carbocycles. The minimum Gasteiger partial charge on any atom is -0.465 e. The van der Waals surface area contributed by atoms with Crippen molar-refractivity contribution in [2.24, 2.45) is 11.8 Å². The Morgan fingerprint density at radius 1 is 1.29 bits per heavy atom. The summed E-state index contributed by atoms with van der Waals surface area (Å²) in [6.07, 6.45) is 6.94. The number of ether oxygens (including phenoxy) is 2. The number of allylic oxidation sites excluding steroid dienone is 1. The van der Waals surface area contributed by atoms with Gasteiger partial charge in [-0.15, -0.1) is 13.2 Å². The zero-order chi connectivity index (χ0) is 26.0. The third kappa shape index (κ3) is 4.33. The van der Waals surface area contributed by atoms with Gasteiger partial charge in [0.25, 0.3) is 0 Å².